The highest BCUT2D eigenvalue weighted by Crippen LogP contribution is 2.43. The van der Waals surface area contributed by atoms with Crippen LogP contribution in [0.4, 0.5) is 5.69 Å². The Morgan fingerprint density at radius 2 is 1.84 bits per heavy atom. The number of aryl methyl sites for hydroxylation is 2. The van der Waals surface area contributed by atoms with Crippen molar-refractivity contribution in [2.75, 3.05) is 11.9 Å². The minimum atomic E-state index is -0.314. The molecule has 5 nitrogen and oxygen atoms in total. The largest absolute Gasteiger partial charge is 0.456 e. The Bertz CT molecular complexity index is 1080. The van der Waals surface area contributed by atoms with Crippen LogP contribution in [0, 0.1) is 19.3 Å². The number of amides is 1. The lowest BCUT2D eigenvalue weighted by Gasteiger charge is -2.36. The maximum absolute atomic E-state index is 12.7. The molecule has 6 heteroatoms. The molecule has 0 atom stereocenters. The van der Waals surface area contributed by atoms with Gasteiger partial charge in [-0.05, 0) is 67.5 Å². The summed E-state index contributed by atoms with van der Waals surface area (Å²) in [6, 6.07) is 13.9. The van der Waals surface area contributed by atoms with Crippen molar-refractivity contribution in [3.63, 3.8) is 0 Å². The summed E-state index contributed by atoms with van der Waals surface area (Å²) in [6.45, 7) is 3.77. The third-order valence-corrected chi connectivity index (χ3v) is 7.49. The molecule has 168 valence electrons. The maximum atomic E-state index is 12.7. The number of carbonyl (C=O) groups is 2. The summed E-state index contributed by atoms with van der Waals surface area (Å²) in [5.74, 6) is -0.617. The van der Waals surface area contributed by atoms with Gasteiger partial charge in [-0.15, -0.1) is 11.3 Å². The quantitative estimate of drug-likeness (QED) is 0.450. The van der Waals surface area contributed by atoms with Gasteiger partial charge in [0.25, 0.3) is 5.91 Å². The molecule has 3 aromatic rings. The van der Waals surface area contributed by atoms with Crippen LogP contribution in [0.2, 0.25) is 0 Å². The lowest BCUT2D eigenvalue weighted by atomic mass is 9.70. The van der Waals surface area contributed by atoms with Crippen molar-refractivity contribution in [1.29, 1.82) is 0 Å². The van der Waals surface area contributed by atoms with Gasteiger partial charge in [-0.1, -0.05) is 37.5 Å². The second-order valence-electron chi connectivity index (χ2n) is 9.00. The van der Waals surface area contributed by atoms with E-state index in [0.717, 1.165) is 48.2 Å². The van der Waals surface area contributed by atoms with Crippen LogP contribution in [-0.2, 0) is 20.7 Å². The van der Waals surface area contributed by atoms with Gasteiger partial charge in [0.05, 0.1) is 21.6 Å². The Morgan fingerprint density at radius 1 is 1.06 bits per heavy atom. The van der Waals surface area contributed by atoms with E-state index in [1.165, 1.54) is 16.7 Å². The number of nitrogens with zero attached hydrogens (tertiary/aromatic N) is 1. The first-order chi connectivity index (χ1) is 15.4. The number of fused-ring (bicyclic) bond motifs is 1. The molecule has 0 spiro atoms. The highest BCUT2D eigenvalue weighted by atomic mass is 32.1. The minimum absolute atomic E-state index is 0.131. The molecule has 1 heterocycles. The molecule has 1 fully saturated rings. The van der Waals surface area contributed by atoms with E-state index in [4.69, 9.17) is 9.72 Å². The number of esters is 1. The van der Waals surface area contributed by atoms with Crippen molar-refractivity contribution >= 4 is 39.1 Å². The molecule has 1 amide bonds. The minimum Gasteiger partial charge on any atom is -0.456 e. The first-order valence-corrected chi connectivity index (χ1v) is 12.1. The average Bonchev–Trinajstić information content (AvgIpc) is 3.17. The van der Waals surface area contributed by atoms with Gasteiger partial charge in [-0.2, -0.15) is 0 Å². The molecule has 4 rings (SSSR count). The normalized spacial score (nSPS) is 15.4. The monoisotopic (exact) mass is 450 g/mol. The maximum Gasteiger partial charge on any atom is 0.306 e. The zero-order valence-electron chi connectivity index (χ0n) is 18.8. The van der Waals surface area contributed by atoms with Crippen LogP contribution in [0.5, 0.6) is 0 Å². The standard InChI is InChI=1S/C26H30N2O3S/c1-18-10-11-20(14-19(18)2)27-23(29)17-31-25(30)16-26(12-6-3-7-13-26)15-24-28-21-8-4-5-9-22(21)32-24/h4-5,8-11,14H,3,6-7,12-13,15-17H2,1-2H3,(H,27,29). The fourth-order valence-electron chi connectivity index (χ4n) is 4.55. The predicted octanol–water partition coefficient (Wildman–Crippen LogP) is 5.98. The zero-order chi connectivity index (χ0) is 22.6. The molecule has 1 aromatic heterocycles. The SMILES string of the molecule is Cc1ccc(NC(=O)COC(=O)CC2(Cc3nc4ccccc4s3)CCCCC2)cc1C. The number of benzene rings is 2. The van der Waals surface area contributed by atoms with Gasteiger partial charge in [0, 0.05) is 12.1 Å². The summed E-state index contributed by atoms with van der Waals surface area (Å²) < 4.78 is 6.57. The Balaban J connectivity index is 1.36. The summed E-state index contributed by atoms with van der Waals surface area (Å²) >= 11 is 1.71. The smallest absolute Gasteiger partial charge is 0.306 e. The number of thiazole rings is 1. The lowest BCUT2D eigenvalue weighted by Crippen LogP contribution is -2.31. The Hall–Kier alpha value is -2.73. The number of anilines is 1. The molecule has 0 radical (unpaired) electrons. The molecular formula is C26H30N2O3S. The highest BCUT2D eigenvalue weighted by molar-refractivity contribution is 7.18. The van der Waals surface area contributed by atoms with E-state index in [1.807, 2.05) is 50.2 Å². The molecule has 1 aliphatic carbocycles. The Labute approximate surface area is 193 Å². The van der Waals surface area contributed by atoms with Crippen molar-refractivity contribution in [2.45, 2.75) is 58.8 Å². The number of rotatable bonds is 7. The average molecular weight is 451 g/mol. The van der Waals surface area contributed by atoms with Crippen molar-refractivity contribution in [3.8, 4) is 0 Å². The molecule has 0 unspecified atom stereocenters. The molecular weight excluding hydrogens is 420 g/mol. The van der Waals surface area contributed by atoms with Crippen molar-refractivity contribution in [3.05, 3.63) is 58.6 Å². The number of nitrogens with one attached hydrogen (secondary N) is 1. The fourth-order valence-corrected chi connectivity index (χ4v) is 5.69. The molecule has 1 aliphatic rings. The summed E-state index contributed by atoms with van der Waals surface area (Å²) in [5.41, 5.74) is 3.88. The van der Waals surface area contributed by atoms with E-state index in [9.17, 15) is 9.59 Å². The second-order valence-corrected chi connectivity index (χ2v) is 10.1. The molecule has 0 saturated heterocycles. The van der Waals surface area contributed by atoms with Gasteiger partial charge in [-0.25, -0.2) is 4.98 Å². The number of ether oxygens (including phenoxy) is 1. The summed E-state index contributed by atoms with van der Waals surface area (Å²) in [5, 5.41) is 3.89. The first kappa shape index (κ1) is 22.5. The predicted molar refractivity (Wildman–Crippen MR) is 129 cm³/mol. The van der Waals surface area contributed by atoms with Crippen molar-refractivity contribution < 1.29 is 14.3 Å². The molecule has 32 heavy (non-hydrogen) atoms. The van der Waals surface area contributed by atoms with E-state index >= 15 is 0 Å². The van der Waals surface area contributed by atoms with Gasteiger partial charge in [0.2, 0.25) is 0 Å². The number of hydrogen-bond acceptors (Lipinski definition) is 5. The van der Waals surface area contributed by atoms with Crippen molar-refractivity contribution in [1.82, 2.24) is 4.98 Å². The topological polar surface area (TPSA) is 68.3 Å². The van der Waals surface area contributed by atoms with Crippen LogP contribution in [0.15, 0.2) is 42.5 Å². The molecule has 2 aromatic carbocycles. The summed E-state index contributed by atoms with van der Waals surface area (Å²) in [4.78, 5) is 29.8. The van der Waals surface area contributed by atoms with Crippen molar-refractivity contribution in [2.24, 2.45) is 5.41 Å². The molecule has 0 bridgehead atoms. The van der Waals surface area contributed by atoms with Gasteiger partial charge >= 0.3 is 5.97 Å². The highest BCUT2D eigenvalue weighted by Gasteiger charge is 2.36. The van der Waals surface area contributed by atoms with E-state index in [0.29, 0.717) is 12.1 Å². The Morgan fingerprint density at radius 3 is 2.59 bits per heavy atom. The number of aromatic nitrogens is 1. The zero-order valence-corrected chi connectivity index (χ0v) is 19.6. The second kappa shape index (κ2) is 9.82. The van der Waals surface area contributed by atoms with Crippen LogP contribution in [0.3, 0.4) is 0 Å². The third kappa shape index (κ3) is 5.54. The third-order valence-electron chi connectivity index (χ3n) is 6.45. The number of hydrogen-bond donors (Lipinski definition) is 1. The molecule has 0 aliphatic heterocycles. The van der Waals surface area contributed by atoms with Gasteiger partial charge in [0.15, 0.2) is 6.61 Å². The van der Waals surface area contributed by atoms with Crippen LogP contribution >= 0.6 is 11.3 Å². The fraction of sp³-hybridized carbons (Fsp3) is 0.423. The van der Waals surface area contributed by atoms with Crippen LogP contribution in [0.1, 0.15) is 54.7 Å². The van der Waals surface area contributed by atoms with E-state index in [2.05, 4.69) is 11.4 Å². The van der Waals surface area contributed by atoms with E-state index < -0.39 is 0 Å². The number of para-hydroxylation sites is 1. The van der Waals surface area contributed by atoms with Gasteiger partial charge in [0.1, 0.15) is 0 Å². The van der Waals surface area contributed by atoms with E-state index in [1.54, 1.807) is 11.3 Å². The van der Waals surface area contributed by atoms with Crippen LogP contribution in [-0.4, -0.2) is 23.5 Å². The molecule has 1 N–H and O–H groups in total. The number of carbonyl (C=O) groups excluding carboxylic acids is 2. The van der Waals surface area contributed by atoms with E-state index in [-0.39, 0.29) is 23.9 Å². The molecule has 1 saturated carbocycles. The van der Waals surface area contributed by atoms with Crippen LogP contribution in [0.25, 0.3) is 10.2 Å². The van der Waals surface area contributed by atoms with Gasteiger partial charge in [-0.3, -0.25) is 9.59 Å². The lowest BCUT2D eigenvalue weighted by molar-refractivity contribution is -0.150. The van der Waals surface area contributed by atoms with Crippen LogP contribution < -0.4 is 5.32 Å². The van der Waals surface area contributed by atoms with Gasteiger partial charge < -0.3 is 10.1 Å². The first-order valence-electron chi connectivity index (χ1n) is 11.3. The summed E-state index contributed by atoms with van der Waals surface area (Å²) in [6.07, 6.45) is 6.54. The summed E-state index contributed by atoms with van der Waals surface area (Å²) in [7, 11) is 0. The Kier molecular flexibility index (Phi) is 6.89.